The van der Waals surface area contributed by atoms with Crippen LogP contribution >= 0.6 is 0 Å². The fraction of sp³-hybridized carbons (Fsp3) is 0.900. The maximum atomic E-state index is 11.1. The summed E-state index contributed by atoms with van der Waals surface area (Å²) in [6.45, 7) is 8.17. The lowest BCUT2D eigenvalue weighted by molar-refractivity contribution is -0.145. The molecule has 14 heavy (non-hydrogen) atoms. The van der Waals surface area contributed by atoms with E-state index in [0.717, 1.165) is 0 Å². The Morgan fingerprint density at radius 1 is 1.36 bits per heavy atom. The van der Waals surface area contributed by atoms with Crippen molar-refractivity contribution in [2.24, 2.45) is 0 Å². The zero-order valence-electron chi connectivity index (χ0n) is 9.34. The van der Waals surface area contributed by atoms with Crippen LogP contribution in [-0.2, 0) is 14.3 Å². The van der Waals surface area contributed by atoms with Crippen LogP contribution in [0.15, 0.2) is 0 Å². The Morgan fingerprint density at radius 2 is 2.07 bits per heavy atom. The van der Waals surface area contributed by atoms with Crippen molar-refractivity contribution in [3.8, 4) is 0 Å². The molecule has 0 aliphatic heterocycles. The van der Waals surface area contributed by atoms with Crippen LogP contribution in [0.2, 0.25) is 0 Å². The minimum absolute atomic E-state index is 0.169. The van der Waals surface area contributed by atoms with E-state index in [4.69, 9.17) is 9.47 Å². The first-order chi connectivity index (χ1) is 6.66. The van der Waals surface area contributed by atoms with Gasteiger partial charge in [-0.2, -0.15) is 0 Å². The minimum Gasteiger partial charge on any atom is -0.463 e. The van der Waals surface area contributed by atoms with Gasteiger partial charge in [-0.15, -0.1) is 0 Å². The lowest BCUT2D eigenvalue weighted by Crippen LogP contribution is -2.26. The molecule has 0 fully saturated rings. The fourth-order valence-electron chi connectivity index (χ4n) is 0.894. The van der Waals surface area contributed by atoms with Crippen LogP contribution in [0, 0.1) is 0 Å². The van der Waals surface area contributed by atoms with Gasteiger partial charge in [-0.25, -0.2) is 0 Å². The maximum Gasteiger partial charge on any atom is 0.307 e. The zero-order chi connectivity index (χ0) is 10.8. The summed E-state index contributed by atoms with van der Waals surface area (Å²) >= 11 is 0. The molecule has 0 bridgehead atoms. The largest absolute Gasteiger partial charge is 0.463 e. The van der Waals surface area contributed by atoms with Crippen molar-refractivity contribution >= 4 is 5.97 Å². The Bertz CT molecular complexity index is 148. The van der Waals surface area contributed by atoms with E-state index in [-0.39, 0.29) is 5.97 Å². The highest BCUT2D eigenvalue weighted by Crippen LogP contribution is 1.87. The van der Waals surface area contributed by atoms with Crippen molar-refractivity contribution in [2.75, 3.05) is 26.4 Å². The first-order valence-corrected chi connectivity index (χ1v) is 5.13. The Morgan fingerprint density at radius 3 is 2.64 bits per heavy atom. The summed E-state index contributed by atoms with van der Waals surface area (Å²) in [5.41, 5.74) is 0. The van der Waals surface area contributed by atoms with Gasteiger partial charge in [0.25, 0.3) is 0 Å². The highest BCUT2D eigenvalue weighted by molar-refractivity contribution is 5.69. The lowest BCUT2D eigenvalue weighted by Gasteiger charge is -2.07. The van der Waals surface area contributed by atoms with E-state index in [9.17, 15) is 4.79 Å². The van der Waals surface area contributed by atoms with E-state index in [1.165, 1.54) is 0 Å². The Hall–Kier alpha value is -0.610. The highest BCUT2D eigenvalue weighted by Gasteiger charge is 2.02. The summed E-state index contributed by atoms with van der Waals surface area (Å²) in [5.74, 6) is -0.169. The second-order valence-corrected chi connectivity index (χ2v) is 3.28. The summed E-state index contributed by atoms with van der Waals surface area (Å²) in [5, 5.41) is 3.15. The van der Waals surface area contributed by atoms with E-state index in [2.05, 4.69) is 5.32 Å². The van der Waals surface area contributed by atoms with E-state index in [0.29, 0.717) is 38.8 Å². The van der Waals surface area contributed by atoms with Crippen LogP contribution in [0.5, 0.6) is 0 Å². The van der Waals surface area contributed by atoms with Crippen molar-refractivity contribution < 1.29 is 14.3 Å². The summed E-state index contributed by atoms with van der Waals surface area (Å²) in [6.07, 6.45) is 0.421. The summed E-state index contributed by atoms with van der Waals surface area (Å²) in [4.78, 5) is 11.1. The van der Waals surface area contributed by atoms with Gasteiger partial charge in [0, 0.05) is 19.2 Å². The molecule has 0 aromatic heterocycles. The molecule has 0 aromatic rings. The molecule has 1 N–H and O–H groups in total. The van der Waals surface area contributed by atoms with Crippen molar-refractivity contribution in [1.82, 2.24) is 5.32 Å². The number of rotatable bonds is 8. The second kappa shape index (κ2) is 8.97. The molecule has 0 atom stereocenters. The molecule has 0 aliphatic rings. The SMILES string of the molecule is CCOCCOC(=O)CCNC(C)C. The van der Waals surface area contributed by atoms with E-state index in [1.807, 2.05) is 20.8 Å². The number of hydrogen-bond donors (Lipinski definition) is 1. The Balaban J connectivity index is 3.20. The average Bonchev–Trinajstić information content (AvgIpc) is 2.12. The second-order valence-electron chi connectivity index (χ2n) is 3.28. The van der Waals surface area contributed by atoms with Gasteiger partial charge in [0.15, 0.2) is 0 Å². The van der Waals surface area contributed by atoms with Crippen LogP contribution in [0.4, 0.5) is 0 Å². The summed E-state index contributed by atoms with van der Waals surface area (Å²) in [6, 6.07) is 0.409. The Labute approximate surface area is 86.0 Å². The standard InChI is InChI=1S/C10H21NO3/c1-4-13-7-8-14-10(12)5-6-11-9(2)3/h9,11H,4-8H2,1-3H3. The molecule has 0 aliphatic carbocycles. The number of hydrogen-bond acceptors (Lipinski definition) is 4. The third kappa shape index (κ3) is 9.48. The molecule has 84 valence electrons. The van der Waals surface area contributed by atoms with Crippen LogP contribution in [0.1, 0.15) is 27.2 Å². The zero-order valence-corrected chi connectivity index (χ0v) is 9.34. The third-order valence-corrected chi connectivity index (χ3v) is 1.58. The molecule has 0 aromatic carbocycles. The normalized spacial score (nSPS) is 10.6. The number of carbonyl (C=O) groups is 1. The van der Waals surface area contributed by atoms with Crippen LogP contribution in [-0.4, -0.2) is 38.4 Å². The molecule has 0 amide bonds. The molecule has 0 radical (unpaired) electrons. The molecule has 0 saturated heterocycles. The topological polar surface area (TPSA) is 47.6 Å². The van der Waals surface area contributed by atoms with Crippen molar-refractivity contribution in [1.29, 1.82) is 0 Å². The molecule has 4 heteroatoms. The average molecular weight is 203 g/mol. The molecule has 4 nitrogen and oxygen atoms in total. The highest BCUT2D eigenvalue weighted by atomic mass is 16.6. The van der Waals surface area contributed by atoms with E-state index < -0.39 is 0 Å². The quantitative estimate of drug-likeness (QED) is 0.471. The van der Waals surface area contributed by atoms with Gasteiger partial charge in [-0.3, -0.25) is 4.79 Å². The first-order valence-electron chi connectivity index (χ1n) is 5.13. The molecular formula is C10H21NO3. The maximum absolute atomic E-state index is 11.1. The predicted molar refractivity (Wildman–Crippen MR) is 55.2 cm³/mol. The van der Waals surface area contributed by atoms with Gasteiger partial charge in [-0.05, 0) is 6.92 Å². The summed E-state index contributed by atoms with van der Waals surface area (Å²) < 4.78 is 9.96. The van der Waals surface area contributed by atoms with E-state index in [1.54, 1.807) is 0 Å². The fourth-order valence-corrected chi connectivity index (χ4v) is 0.894. The van der Waals surface area contributed by atoms with Crippen LogP contribution in [0.25, 0.3) is 0 Å². The molecule has 0 spiro atoms. The van der Waals surface area contributed by atoms with E-state index >= 15 is 0 Å². The molecule has 0 heterocycles. The number of ether oxygens (including phenoxy) is 2. The molecule has 0 unspecified atom stereocenters. The molecule has 0 saturated carbocycles. The monoisotopic (exact) mass is 203 g/mol. The smallest absolute Gasteiger partial charge is 0.307 e. The van der Waals surface area contributed by atoms with Crippen molar-refractivity contribution in [3.63, 3.8) is 0 Å². The minimum atomic E-state index is -0.169. The first kappa shape index (κ1) is 13.4. The van der Waals surface area contributed by atoms with Gasteiger partial charge in [0.1, 0.15) is 6.61 Å². The van der Waals surface area contributed by atoms with Crippen LogP contribution in [0.3, 0.4) is 0 Å². The van der Waals surface area contributed by atoms with Crippen LogP contribution < -0.4 is 5.32 Å². The predicted octanol–water partition coefficient (Wildman–Crippen LogP) is 0.954. The summed E-state index contributed by atoms with van der Waals surface area (Å²) in [7, 11) is 0. The van der Waals surface area contributed by atoms with Gasteiger partial charge < -0.3 is 14.8 Å². The lowest BCUT2D eigenvalue weighted by atomic mass is 10.3. The van der Waals surface area contributed by atoms with Gasteiger partial charge in [-0.1, -0.05) is 13.8 Å². The Kier molecular flexibility index (Phi) is 8.57. The molecule has 0 rings (SSSR count). The number of esters is 1. The van der Waals surface area contributed by atoms with Crippen molar-refractivity contribution in [3.05, 3.63) is 0 Å². The number of carbonyl (C=O) groups excluding carboxylic acids is 1. The van der Waals surface area contributed by atoms with Gasteiger partial charge >= 0.3 is 5.97 Å². The van der Waals surface area contributed by atoms with Gasteiger partial charge in [0.2, 0.25) is 0 Å². The van der Waals surface area contributed by atoms with Gasteiger partial charge in [0.05, 0.1) is 13.0 Å². The third-order valence-electron chi connectivity index (χ3n) is 1.58. The number of nitrogens with one attached hydrogen (secondary N) is 1. The molecular weight excluding hydrogens is 182 g/mol. The van der Waals surface area contributed by atoms with Crippen molar-refractivity contribution in [2.45, 2.75) is 33.2 Å².